The van der Waals surface area contributed by atoms with E-state index in [9.17, 15) is 4.79 Å². The van der Waals surface area contributed by atoms with E-state index in [1.165, 1.54) is 25.9 Å². The van der Waals surface area contributed by atoms with Crippen LogP contribution in [0.25, 0.3) is 10.1 Å². The summed E-state index contributed by atoms with van der Waals surface area (Å²) in [5.41, 5.74) is 0. The Morgan fingerprint density at radius 1 is 1.32 bits per heavy atom. The first-order valence-corrected chi connectivity index (χ1v) is 9.03. The van der Waals surface area contributed by atoms with Crippen LogP contribution in [0.5, 0.6) is 0 Å². The van der Waals surface area contributed by atoms with Crippen LogP contribution in [0, 0.1) is 5.92 Å². The van der Waals surface area contributed by atoms with E-state index >= 15 is 0 Å². The van der Waals surface area contributed by atoms with Gasteiger partial charge in [0.15, 0.2) is 0 Å². The molecule has 1 aromatic carbocycles. The lowest BCUT2D eigenvalue weighted by molar-refractivity contribution is 0.0622. The number of piperidine rings is 3. The topological polar surface area (TPSA) is 32.3 Å². The number of nitrogens with zero attached hydrogens (tertiary/aromatic N) is 1. The van der Waals surface area contributed by atoms with Gasteiger partial charge in [0.1, 0.15) is 0 Å². The molecule has 3 aliphatic rings. The monoisotopic (exact) mass is 400 g/mol. The molecule has 3 nitrogen and oxygen atoms in total. The molecule has 2 bridgehead atoms. The van der Waals surface area contributed by atoms with Crippen molar-refractivity contribution in [3.63, 3.8) is 0 Å². The highest BCUT2D eigenvalue weighted by Gasteiger charge is 2.35. The van der Waals surface area contributed by atoms with Crippen molar-refractivity contribution in [1.29, 1.82) is 0 Å². The van der Waals surface area contributed by atoms with E-state index in [2.05, 4.69) is 32.2 Å². The first-order chi connectivity index (χ1) is 10.2. The van der Waals surface area contributed by atoms with E-state index in [1.54, 1.807) is 11.3 Å². The Bertz CT molecular complexity index is 697. The highest BCUT2D eigenvalue weighted by molar-refractivity contribution is 9.10. The first kappa shape index (κ1) is 16.2. The van der Waals surface area contributed by atoms with Crippen LogP contribution in [-0.4, -0.2) is 36.5 Å². The highest BCUT2D eigenvalue weighted by Crippen LogP contribution is 2.33. The summed E-state index contributed by atoms with van der Waals surface area (Å²) in [6.45, 7) is 3.42. The van der Waals surface area contributed by atoms with Gasteiger partial charge >= 0.3 is 0 Å². The molecule has 1 N–H and O–H groups in total. The number of fused-ring (bicyclic) bond motifs is 4. The zero-order chi connectivity index (χ0) is 14.4. The fourth-order valence-electron chi connectivity index (χ4n) is 3.51. The second-order valence-corrected chi connectivity index (χ2v) is 7.89. The van der Waals surface area contributed by atoms with Crippen LogP contribution in [0.1, 0.15) is 22.5 Å². The van der Waals surface area contributed by atoms with Crippen LogP contribution in [-0.2, 0) is 0 Å². The third kappa shape index (κ3) is 2.92. The largest absolute Gasteiger partial charge is 0.347 e. The maximum absolute atomic E-state index is 12.5. The van der Waals surface area contributed by atoms with Crippen LogP contribution in [0.4, 0.5) is 0 Å². The predicted molar refractivity (Wildman–Crippen MR) is 97.2 cm³/mol. The lowest BCUT2D eigenvalue weighted by Gasteiger charge is -2.44. The van der Waals surface area contributed by atoms with Crippen LogP contribution in [0.3, 0.4) is 0 Å². The Balaban J connectivity index is 0.00000144. The number of hydrogen-bond acceptors (Lipinski definition) is 3. The lowest BCUT2D eigenvalue weighted by Crippen LogP contribution is -2.57. The fourth-order valence-corrected chi connectivity index (χ4v) is 5.10. The van der Waals surface area contributed by atoms with Crippen molar-refractivity contribution in [2.24, 2.45) is 5.92 Å². The molecule has 1 aromatic heterocycles. The SMILES string of the molecule is Cl.O=C(N[C@H]1CN2CCC1CC2)c1cc2cccc(Br)c2s1. The average molecular weight is 402 g/mol. The molecule has 6 heteroatoms. The van der Waals surface area contributed by atoms with Crippen molar-refractivity contribution < 1.29 is 4.79 Å². The van der Waals surface area contributed by atoms with Crippen LogP contribution < -0.4 is 5.32 Å². The smallest absolute Gasteiger partial charge is 0.261 e. The van der Waals surface area contributed by atoms with Gasteiger partial charge in [0.2, 0.25) is 0 Å². The summed E-state index contributed by atoms with van der Waals surface area (Å²) in [5.74, 6) is 0.752. The quantitative estimate of drug-likeness (QED) is 0.827. The van der Waals surface area contributed by atoms with E-state index in [4.69, 9.17) is 0 Å². The van der Waals surface area contributed by atoms with Crippen molar-refractivity contribution in [2.75, 3.05) is 19.6 Å². The second-order valence-electron chi connectivity index (χ2n) is 5.99. The standard InChI is InChI=1S/C16H17BrN2OS.ClH/c17-12-3-1-2-11-8-14(21-15(11)12)16(20)18-13-9-19-6-4-10(13)5-7-19;/h1-3,8,10,13H,4-7,9H2,(H,18,20);1H/t13-;/m0./s1. The Hall–Kier alpha value is -0.620. The minimum atomic E-state index is 0. The third-order valence-electron chi connectivity index (χ3n) is 4.69. The van der Waals surface area contributed by atoms with Crippen molar-refractivity contribution in [3.8, 4) is 0 Å². The number of hydrogen-bond donors (Lipinski definition) is 1. The summed E-state index contributed by atoms with van der Waals surface area (Å²) in [4.78, 5) is 15.8. The average Bonchev–Trinajstić information content (AvgIpc) is 2.94. The molecule has 3 fully saturated rings. The molecule has 0 aliphatic carbocycles. The molecule has 1 amide bonds. The van der Waals surface area contributed by atoms with Gasteiger partial charge in [-0.2, -0.15) is 0 Å². The summed E-state index contributed by atoms with van der Waals surface area (Å²) in [6.07, 6.45) is 2.45. The number of benzene rings is 1. The second kappa shape index (κ2) is 6.48. The highest BCUT2D eigenvalue weighted by atomic mass is 79.9. The molecule has 3 aliphatic heterocycles. The normalized spacial score (nSPS) is 26.7. The van der Waals surface area contributed by atoms with Gasteiger partial charge in [0, 0.05) is 21.8 Å². The summed E-state index contributed by atoms with van der Waals surface area (Å²) < 4.78 is 2.21. The van der Waals surface area contributed by atoms with Gasteiger partial charge in [0.05, 0.1) is 4.88 Å². The molecule has 0 radical (unpaired) electrons. The van der Waals surface area contributed by atoms with Gasteiger partial charge in [-0.05, 0) is 65.3 Å². The molecule has 1 atom stereocenters. The Morgan fingerprint density at radius 2 is 2.09 bits per heavy atom. The summed E-state index contributed by atoms with van der Waals surface area (Å²) in [5, 5.41) is 4.39. The summed E-state index contributed by atoms with van der Waals surface area (Å²) in [7, 11) is 0. The molecule has 0 spiro atoms. The summed E-state index contributed by atoms with van der Waals surface area (Å²) in [6, 6.07) is 8.42. The number of thiophene rings is 1. The van der Waals surface area contributed by atoms with Gasteiger partial charge in [-0.15, -0.1) is 23.7 Å². The number of halogens is 2. The molecule has 2 aromatic rings. The molecule has 0 saturated carbocycles. The Kier molecular flexibility index (Phi) is 4.78. The van der Waals surface area contributed by atoms with E-state index in [1.807, 2.05) is 18.2 Å². The van der Waals surface area contributed by atoms with Crippen molar-refractivity contribution in [2.45, 2.75) is 18.9 Å². The van der Waals surface area contributed by atoms with E-state index < -0.39 is 0 Å². The minimum Gasteiger partial charge on any atom is -0.347 e. The molecule has 3 saturated heterocycles. The molecular formula is C16H18BrClN2OS. The predicted octanol–water partition coefficient (Wildman–Crippen LogP) is 3.91. The third-order valence-corrected chi connectivity index (χ3v) is 6.80. The van der Waals surface area contributed by atoms with E-state index in [-0.39, 0.29) is 18.3 Å². The van der Waals surface area contributed by atoms with Gasteiger partial charge in [-0.1, -0.05) is 12.1 Å². The van der Waals surface area contributed by atoms with E-state index in [0.717, 1.165) is 26.0 Å². The Morgan fingerprint density at radius 3 is 2.73 bits per heavy atom. The van der Waals surface area contributed by atoms with Crippen molar-refractivity contribution in [3.05, 3.63) is 33.6 Å². The minimum absolute atomic E-state index is 0. The maximum Gasteiger partial charge on any atom is 0.261 e. The van der Waals surface area contributed by atoms with Crippen molar-refractivity contribution in [1.82, 2.24) is 10.2 Å². The van der Waals surface area contributed by atoms with Gasteiger partial charge in [-0.3, -0.25) is 4.79 Å². The van der Waals surface area contributed by atoms with Crippen LogP contribution >= 0.6 is 39.7 Å². The molecule has 4 heterocycles. The number of nitrogens with one attached hydrogen (secondary N) is 1. The maximum atomic E-state index is 12.5. The van der Waals surface area contributed by atoms with E-state index in [0.29, 0.717) is 12.0 Å². The van der Waals surface area contributed by atoms with Gasteiger partial charge in [0.25, 0.3) is 5.91 Å². The fraction of sp³-hybridized carbons (Fsp3) is 0.438. The van der Waals surface area contributed by atoms with Crippen molar-refractivity contribution >= 4 is 55.7 Å². The van der Waals surface area contributed by atoms with Crippen LogP contribution in [0.2, 0.25) is 0 Å². The van der Waals surface area contributed by atoms with Crippen LogP contribution in [0.15, 0.2) is 28.7 Å². The molecule has 0 unspecified atom stereocenters. The van der Waals surface area contributed by atoms with Gasteiger partial charge < -0.3 is 10.2 Å². The first-order valence-electron chi connectivity index (χ1n) is 7.42. The molecular weight excluding hydrogens is 384 g/mol. The number of carbonyl (C=O) groups excluding carboxylic acids is 1. The Labute approximate surface area is 148 Å². The number of rotatable bonds is 2. The molecule has 22 heavy (non-hydrogen) atoms. The number of carbonyl (C=O) groups is 1. The van der Waals surface area contributed by atoms with Gasteiger partial charge in [-0.25, -0.2) is 0 Å². The zero-order valence-corrected chi connectivity index (χ0v) is 15.3. The number of amides is 1. The summed E-state index contributed by atoms with van der Waals surface area (Å²) >= 11 is 5.12. The lowest BCUT2D eigenvalue weighted by atomic mass is 9.84. The molecule has 5 rings (SSSR count). The zero-order valence-electron chi connectivity index (χ0n) is 12.0. The molecule has 118 valence electrons.